The van der Waals surface area contributed by atoms with Crippen molar-refractivity contribution in [2.75, 3.05) is 6.54 Å². The molecule has 0 fully saturated rings. The fraction of sp³-hybridized carbons (Fsp3) is 0.333. The third-order valence-electron chi connectivity index (χ3n) is 5.84. The molecule has 1 aliphatic heterocycles. The lowest BCUT2D eigenvalue weighted by Gasteiger charge is -2.37. The van der Waals surface area contributed by atoms with E-state index >= 15 is 0 Å². The topological polar surface area (TPSA) is 75.7 Å². The highest BCUT2D eigenvalue weighted by molar-refractivity contribution is 6.42. The summed E-state index contributed by atoms with van der Waals surface area (Å²) in [6.07, 6.45) is 3.37. The van der Waals surface area contributed by atoms with Crippen LogP contribution < -0.4 is 0 Å². The molecule has 0 aliphatic carbocycles. The van der Waals surface area contributed by atoms with Crippen molar-refractivity contribution >= 4 is 35.1 Å². The van der Waals surface area contributed by atoms with Crippen molar-refractivity contribution in [1.29, 1.82) is 0 Å². The molecular formula is C24H24Cl2N2O4. The molecule has 0 spiro atoms. The number of carbonyl (C=O) groups excluding carboxylic acids is 1. The van der Waals surface area contributed by atoms with E-state index in [2.05, 4.69) is 4.57 Å². The van der Waals surface area contributed by atoms with E-state index in [0.717, 1.165) is 16.8 Å². The number of rotatable bonds is 4. The van der Waals surface area contributed by atoms with Gasteiger partial charge in [-0.15, -0.1) is 0 Å². The molecule has 1 aromatic carbocycles. The molecule has 1 aliphatic rings. The summed E-state index contributed by atoms with van der Waals surface area (Å²) in [5, 5.41) is 10.5. The summed E-state index contributed by atoms with van der Waals surface area (Å²) in [7, 11) is 0. The Bertz CT molecular complexity index is 1190. The van der Waals surface area contributed by atoms with Crippen LogP contribution in [0.25, 0.3) is 0 Å². The molecule has 1 N–H and O–H groups in total. The number of hydrogen-bond donors (Lipinski definition) is 1. The van der Waals surface area contributed by atoms with E-state index in [9.17, 15) is 14.7 Å². The molecule has 8 heteroatoms. The monoisotopic (exact) mass is 474 g/mol. The fourth-order valence-corrected chi connectivity index (χ4v) is 4.61. The maximum absolute atomic E-state index is 13.6. The molecule has 3 heterocycles. The summed E-state index contributed by atoms with van der Waals surface area (Å²) >= 11 is 12.4. The molecule has 168 valence electrons. The predicted octanol–water partition coefficient (Wildman–Crippen LogP) is 5.56. The van der Waals surface area contributed by atoms with E-state index in [1.54, 1.807) is 17.0 Å². The summed E-state index contributed by atoms with van der Waals surface area (Å²) in [6.45, 7) is 7.02. The van der Waals surface area contributed by atoms with Gasteiger partial charge in [0, 0.05) is 36.1 Å². The quantitative estimate of drug-likeness (QED) is 0.536. The molecule has 0 saturated carbocycles. The molecule has 4 rings (SSSR count). The molecule has 32 heavy (non-hydrogen) atoms. The highest BCUT2D eigenvalue weighted by atomic mass is 35.5. The van der Waals surface area contributed by atoms with Crippen molar-refractivity contribution < 1.29 is 19.1 Å². The minimum Gasteiger partial charge on any atom is -0.475 e. The van der Waals surface area contributed by atoms with Gasteiger partial charge in [-0.2, -0.15) is 0 Å². The number of amides is 1. The molecule has 0 bridgehead atoms. The Hall–Kier alpha value is -2.70. The van der Waals surface area contributed by atoms with Crippen molar-refractivity contribution in [1.82, 2.24) is 9.47 Å². The van der Waals surface area contributed by atoms with Gasteiger partial charge in [-0.1, -0.05) is 50.0 Å². The summed E-state index contributed by atoms with van der Waals surface area (Å²) in [5.41, 5.74) is 2.57. The van der Waals surface area contributed by atoms with Crippen LogP contribution in [0.2, 0.25) is 10.0 Å². The zero-order chi connectivity index (χ0) is 23.2. The van der Waals surface area contributed by atoms with Crippen LogP contribution in [0.3, 0.4) is 0 Å². The van der Waals surface area contributed by atoms with E-state index in [4.69, 9.17) is 27.6 Å². The number of nitrogens with zero attached hydrogens (tertiary/aromatic N) is 2. The van der Waals surface area contributed by atoms with Gasteiger partial charge < -0.3 is 19.0 Å². The highest BCUT2D eigenvalue weighted by Gasteiger charge is 2.35. The van der Waals surface area contributed by atoms with Gasteiger partial charge in [0.25, 0.3) is 0 Å². The van der Waals surface area contributed by atoms with Crippen LogP contribution in [0.5, 0.6) is 0 Å². The second-order valence-corrected chi connectivity index (χ2v) is 9.79. The predicted molar refractivity (Wildman–Crippen MR) is 123 cm³/mol. The Balaban J connectivity index is 1.74. The zero-order valence-corrected chi connectivity index (χ0v) is 19.6. The largest absolute Gasteiger partial charge is 0.475 e. The van der Waals surface area contributed by atoms with Crippen LogP contribution in [0.15, 0.2) is 47.2 Å². The first-order valence-corrected chi connectivity index (χ1v) is 11.1. The van der Waals surface area contributed by atoms with Gasteiger partial charge in [-0.3, -0.25) is 4.79 Å². The van der Waals surface area contributed by atoms with Crippen LogP contribution in [-0.2, 0) is 23.2 Å². The Morgan fingerprint density at radius 2 is 1.91 bits per heavy atom. The van der Waals surface area contributed by atoms with Crippen LogP contribution >= 0.6 is 23.2 Å². The average molecular weight is 475 g/mol. The minimum absolute atomic E-state index is 0.0662. The molecule has 1 atom stereocenters. The van der Waals surface area contributed by atoms with Crippen molar-refractivity contribution in [3.63, 3.8) is 0 Å². The standard InChI is InChI=1S/C24H24Cl2N2O4/c1-24(2,3)16-13-32-22(23(30)31)15(16)12-20(29)28-10-9-27-8-4-5-19(27)21(28)14-6-7-17(25)18(26)11-14/h4-8,11,13,21H,9-10,12H2,1-3H3,(H,30,31). The molecule has 1 unspecified atom stereocenters. The molecule has 3 aromatic rings. The third kappa shape index (κ3) is 4.05. The van der Waals surface area contributed by atoms with Gasteiger partial charge in [0.1, 0.15) is 0 Å². The number of aromatic nitrogens is 1. The minimum atomic E-state index is -1.18. The van der Waals surface area contributed by atoms with Crippen LogP contribution in [0, 0.1) is 0 Å². The molecule has 1 amide bonds. The lowest BCUT2D eigenvalue weighted by atomic mass is 9.84. The van der Waals surface area contributed by atoms with E-state index in [0.29, 0.717) is 28.7 Å². The Morgan fingerprint density at radius 1 is 1.16 bits per heavy atom. The van der Waals surface area contributed by atoms with E-state index in [1.807, 2.05) is 45.2 Å². The van der Waals surface area contributed by atoms with Crippen LogP contribution in [-0.4, -0.2) is 33.0 Å². The first-order chi connectivity index (χ1) is 15.1. The maximum Gasteiger partial charge on any atom is 0.372 e. The average Bonchev–Trinajstić information content (AvgIpc) is 3.35. The van der Waals surface area contributed by atoms with Crippen molar-refractivity contribution in [3.8, 4) is 0 Å². The second-order valence-electron chi connectivity index (χ2n) is 8.98. The van der Waals surface area contributed by atoms with Crippen LogP contribution in [0.1, 0.15) is 59.8 Å². The van der Waals surface area contributed by atoms with Gasteiger partial charge in [0.2, 0.25) is 11.7 Å². The molecule has 0 saturated heterocycles. The third-order valence-corrected chi connectivity index (χ3v) is 6.58. The number of aromatic carboxylic acids is 1. The van der Waals surface area contributed by atoms with Crippen molar-refractivity contribution in [2.45, 2.75) is 45.2 Å². The number of hydrogen-bond acceptors (Lipinski definition) is 3. The summed E-state index contributed by atoms with van der Waals surface area (Å²) in [6, 6.07) is 8.93. The van der Waals surface area contributed by atoms with E-state index in [-0.39, 0.29) is 29.5 Å². The normalized spacial score (nSPS) is 16.2. The number of benzene rings is 1. The van der Waals surface area contributed by atoms with E-state index < -0.39 is 5.97 Å². The molecule has 6 nitrogen and oxygen atoms in total. The van der Waals surface area contributed by atoms with Gasteiger partial charge in [-0.05, 0) is 35.2 Å². The van der Waals surface area contributed by atoms with E-state index in [1.165, 1.54) is 6.26 Å². The molecule has 0 radical (unpaired) electrons. The highest BCUT2D eigenvalue weighted by Crippen LogP contribution is 2.37. The van der Waals surface area contributed by atoms with Crippen molar-refractivity contribution in [3.05, 3.63) is 81.0 Å². The molecular weight excluding hydrogens is 451 g/mol. The SMILES string of the molecule is CC(C)(C)c1coc(C(=O)O)c1CC(=O)N1CCn2cccc2C1c1ccc(Cl)c(Cl)c1. The number of halogens is 2. The first-order valence-electron chi connectivity index (χ1n) is 10.3. The number of furan rings is 1. The lowest BCUT2D eigenvalue weighted by Crippen LogP contribution is -2.43. The summed E-state index contributed by atoms with van der Waals surface area (Å²) in [5.74, 6) is -1.55. The number of fused-ring (bicyclic) bond motifs is 1. The van der Waals surface area contributed by atoms with Crippen LogP contribution in [0.4, 0.5) is 0 Å². The molecule has 2 aromatic heterocycles. The zero-order valence-electron chi connectivity index (χ0n) is 18.1. The first kappa shape index (κ1) is 22.5. The Morgan fingerprint density at radius 3 is 2.56 bits per heavy atom. The fourth-order valence-electron chi connectivity index (χ4n) is 4.30. The van der Waals surface area contributed by atoms with Gasteiger partial charge in [-0.25, -0.2) is 4.79 Å². The maximum atomic E-state index is 13.6. The lowest BCUT2D eigenvalue weighted by molar-refractivity contribution is -0.133. The van der Waals surface area contributed by atoms with Gasteiger partial charge in [0.05, 0.1) is 28.8 Å². The number of carboxylic acid groups (broad SMARTS) is 1. The van der Waals surface area contributed by atoms with Gasteiger partial charge >= 0.3 is 5.97 Å². The Kier molecular flexibility index (Phi) is 5.86. The summed E-state index contributed by atoms with van der Waals surface area (Å²) < 4.78 is 7.46. The second kappa shape index (κ2) is 8.34. The number of carboxylic acids is 1. The smallest absolute Gasteiger partial charge is 0.372 e. The summed E-state index contributed by atoms with van der Waals surface area (Å²) in [4.78, 5) is 27.1. The Labute approximate surface area is 196 Å². The van der Waals surface area contributed by atoms with Gasteiger partial charge in [0.15, 0.2) is 0 Å². The van der Waals surface area contributed by atoms with Crippen molar-refractivity contribution in [2.24, 2.45) is 0 Å². The number of carbonyl (C=O) groups is 2.